The molecule has 0 radical (unpaired) electrons. The maximum absolute atomic E-state index is 13.0. The summed E-state index contributed by atoms with van der Waals surface area (Å²) in [6.07, 6.45) is 47.1. The van der Waals surface area contributed by atoms with Crippen molar-refractivity contribution in [2.24, 2.45) is 5.92 Å². The second-order valence-corrected chi connectivity index (χ2v) is 27.9. The van der Waals surface area contributed by atoms with Gasteiger partial charge >= 0.3 is 39.5 Å². The molecule has 2 unspecified atom stereocenters. The van der Waals surface area contributed by atoms with Crippen LogP contribution in [0.3, 0.4) is 0 Å². The van der Waals surface area contributed by atoms with Crippen LogP contribution in [0.5, 0.6) is 0 Å². The molecule has 0 heterocycles. The van der Waals surface area contributed by atoms with Gasteiger partial charge in [-0.1, -0.05) is 298 Å². The summed E-state index contributed by atoms with van der Waals surface area (Å²) in [5, 5.41) is 10.6. The Bertz CT molecular complexity index is 1690. The Hall–Kier alpha value is -1.94. The lowest BCUT2D eigenvalue weighted by atomic mass is 10.0. The summed E-state index contributed by atoms with van der Waals surface area (Å²) in [5.74, 6) is -1.42. The van der Waals surface area contributed by atoms with Gasteiger partial charge in [0.1, 0.15) is 19.3 Å². The van der Waals surface area contributed by atoms with Gasteiger partial charge in [0.05, 0.1) is 26.4 Å². The van der Waals surface area contributed by atoms with Crippen LogP contribution in [0.25, 0.3) is 0 Å². The van der Waals surface area contributed by atoms with Gasteiger partial charge in [0.15, 0.2) is 12.2 Å². The number of rotatable bonds is 68. The number of aliphatic hydroxyl groups excluding tert-OH is 1. The summed E-state index contributed by atoms with van der Waals surface area (Å²) < 4.78 is 68.2. The molecule has 0 fully saturated rings. The fraction of sp³-hybridized carbons (Fsp3) is 0.941. The molecule has 17 nitrogen and oxygen atoms in total. The average molecular weight is 1280 g/mol. The number of aliphatic hydroxyl groups is 1. The molecule has 0 aliphatic heterocycles. The Kier molecular flexibility index (Phi) is 60.2. The molecule has 19 heteroatoms. The van der Waals surface area contributed by atoms with E-state index in [4.69, 9.17) is 37.0 Å². The Balaban J connectivity index is 5.25. The van der Waals surface area contributed by atoms with E-state index < -0.39 is 97.5 Å². The van der Waals surface area contributed by atoms with Crippen LogP contribution < -0.4 is 0 Å². The summed E-state index contributed by atoms with van der Waals surface area (Å²) in [6.45, 7) is 7.18. The van der Waals surface area contributed by atoms with E-state index >= 15 is 0 Å². The minimum Gasteiger partial charge on any atom is -0.462 e. The monoisotopic (exact) mass is 1280 g/mol. The van der Waals surface area contributed by atoms with Crippen LogP contribution in [0.1, 0.15) is 349 Å². The maximum atomic E-state index is 13.0. The number of ether oxygens (including phenoxy) is 4. The van der Waals surface area contributed by atoms with Gasteiger partial charge in [-0.15, -0.1) is 0 Å². The third-order valence-corrected chi connectivity index (χ3v) is 17.7. The van der Waals surface area contributed by atoms with Gasteiger partial charge in [-0.3, -0.25) is 37.3 Å². The molecule has 0 rings (SSSR count). The average Bonchev–Trinajstić information content (AvgIpc) is 3.63. The molecule has 0 aromatic rings. The number of carbonyl (C=O) groups is 4. The molecule has 0 saturated carbocycles. The molecule has 0 amide bonds. The second kappa shape index (κ2) is 61.6. The van der Waals surface area contributed by atoms with Gasteiger partial charge in [0.2, 0.25) is 0 Å². The Morgan fingerprint density at radius 1 is 0.310 bits per heavy atom. The molecule has 3 N–H and O–H groups in total. The van der Waals surface area contributed by atoms with Crippen molar-refractivity contribution in [3.8, 4) is 0 Å². The predicted octanol–water partition coefficient (Wildman–Crippen LogP) is 19.4. The largest absolute Gasteiger partial charge is 0.472 e. The lowest BCUT2D eigenvalue weighted by Crippen LogP contribution is -2.30. The molecule has 0 aromatic carbocycles. The lowest BCUT2D eigenvalue weighted by Gasteiger charge is -2.21. The Morgan fingerprint density at radius 2 is 0.529 bits per heavy atom. The number of carbonyl (C=O) groups excluding carboxylic acids is 4. The SMILES string of the molecule is CCCCCCCCCCCCCCCC(=O)O[C@H](COC(=O)CCCCCCCCCCCCCC)COP(=O)(O)OC[C@@H](O)COP(=O)(O)OC[C@@H](COC(=O)CCCCCCCCCC(C)C)OC(=O)CCCCCCCCCCCCCC. The van der Waals surface area contributed by atoms with Crippen molar-refractivity contribution in [1.29, 1.82) is 0 Å². The summed E-state index contributed by atoms with van der Waals surface area (Å²) in [5.41, 5.74) is 0. The van der Waals surface area contributed by atoms with Crippen LogP contribution >= 0.6 is 15.6 Å². The molecule has 0 aromatic heterocycles. The molecule has 516 valence electrons. The molecule has 0 aliphatic carbocycles. The lowest BCUT2D eigenvalue weighted by molar-refractivity contribution is -0.161. The highest BCUT2D eigenvalue weighted by molar-refractivity contribution is 7.47. The van der Waals surface area contributed by atoms with E-state index in [2.05, 4.69) is 34.6 Å². The van der Waals surface area contributed by atoms with Gasteiger partial charge in [0.25, 0.3) is 0 Å². The van der Waals surface area contributed by atoms with E-state index in [9.17, 15) is 43.2 Å². The highest BCUT2D eigenvalue weighted by Gasteiger charge is 2.30. The van der Waals surface area contributed by atoms with E-state index in [0.717, 1.165) is 96.3 Å². The van der Waals surface area contributed by atoms with E-state index in [-0.39, 0.29) is 25.7 Å². The van der Waals surface area contributed by atoms with Gasteiger partial charge in [0, 0.05) is 25.7 Å². The van der Waals surface area contributed by atoms with Gasteiger partial charge < -0.3 is 33.8 Å². The summed E-state index contributed by atoms with van der Waals surface area (Å²) in [6, 6.07) is 0. The maximum Gasteiger partial charge on any atom is 0.472 e. The first-order valence-electron chi connectivity index (χ1n) is 35.6. The summed E-state index contributed by atoms with van der Waals surface area (Å²) in [7, 11) is -9.89. The standard InChI is InChI=1S/C68H132O17P2/c1-6-9-12-15-18-21-24-27-30-33-38-44-49-54-68(73)84-63(57-78-65(70)51-46-41-36-31-28-25-22-19-16-13-10-7-2)59-82-86(74,75)80-55-62(69)56-81-87(76,77)83-60-64(58-79-66(71)52-47-42-39-34-35-40-45-50-61(4)5)85-67(72)53-48-43-37-32-29-26-23-20-17-14-11-8-3/h61-64,69H,6-60H2,1-5H3,(H,74,75)(H,76,77)/t62-,63-,64-/m1/s1. The van der Waals surface area contributed by atoms with Crippen LogP contribution in [0.15, 0.2) is 0 Å². The van der Waals surface area contributed by atoms with Gasteiger partial charge in [-0.05, 0) is 31.6 Å². The number of unbranched alkanes of at least 4 members (excludes halogenated alkanes) is 40. The van der Waals surface area contributed by atoms with Crippen LogP contribution in [-0.2, 0) is 65.4 Å². The van der Waals surface area contributed by atoms with Crippen molar-refractivity contribution in [2.75, 3.05) is 39.6 Å². The number of hydrogen-bond donors (Lipinski definition) is 3. The summed E-state index contributed by atoms with van der Waals surface area (Å²) >= 11 is 0. The van der Waals surface area contributed by atoms with E-state index in [1.165, 1.54) is 167 Å². The minimum atomic E-state index is -4.95. The summed E-state index contributed by atoms with van der Waals surface area (Å²) in [4.78, 5) is 72.4. The first kappa shape index (κ1) is 85.1. The Labute approximate surface area is 530 Å². The van der Waals surface area contributed by atoms with Crippen LogP contribution in [0.4, 0.5) is 0 Å². The third kappa shape index (κ3) is 62.6. The number of phosphoric acid groups is 2. The number of hydrogen-bond acceptors (Lipinski definition) is 15. The van der Waals surface area contributed by atoms with Crippen molar-refractivity contribution in [3.05, 3.63) is 0 Å². The first-order chi connectivity index (χ1) is 42.0. The smallest absolute Gasteiger partial charge is 0.462 e. The van der Waals surface area contributed by atoms with Crippen molar-refractivity contribution >= 4 is 39.5 Å². The van der Waals surface area contributed by atoms with Crippen LogP contribution in [0.2, 0.25) is 0 Å². The zero-order valence-electron chi connectivity index (χ0n) is 56.2. The fourth-order valence-electron chi connectivity index (χ4n) is 10.3. The molecule has 0 bridgehead atoms. The van der Waals surface area contributed by atoms with Gasteiger partial charge in [-0.25, -0.2) is 9.13 Å². The Morgan fingerprint density at radius 3 is 0.782 bits per heavy atom. The van der Waals surface area contributed by atoms with Gasteiger partial charge in [-0.2, -0.15) is 0 Å². The molecular weight excluding hydrogens is 1150 g/mol. The molecule has 5 atom stereocenters. The van der Waals surface area contributed by atoms with Crippen molar-refractivity contribution in [3.63, 3.8) is 0 Å². The first-order valence-corrected chi connectivity index (χ1v) is 38.6. The highest BCUT2D eigenvalue weighted by Crippen LogP contribution is 2.45. The van der Waals surface area contributed by atoms with E-state index in [1.807, 2.05) is 0 Å². The molecule has 87 heavy (non-hydrogen) atoms. The fourth-order valence-corrected chi connectivity index (χ4v) is 11.9. The molecular formula is C68H132O17P2. The van der Waals surface area contributed by atoms with E-state index in [1.54, 1.807) is 0 Å². The topological polar surface area (TPSA) is 237 Å². The zero-order chi connectivity index (χ0) is 64.2. The van der Waals surface area contributed by atoms with Crippen molar-refractivity contribution < 1.29 is 80.2 Å². The third-order valence-electron chi connectivity index (χ3n) is 15.8. The number of phosphoric ester groups is 2. The molecule has 0 spiro atoms. The van der Waals surface area contributed by atoms with Crippen LogP contribution in [-0.4, -0.2) is 96.7 Å². The normalized spacial score (nSPS) is 14.1. The second-order valence-electron chi connectivity index (χ2n) is 25.0. The molecule has 0 saturated heterocycles. The van der Waals surface area contributed by atoms with Crippen LogP contribution in [0, 0.1) is 5.92 Å². The number of esters is 4. The quantitative estimate of drug-likeness (QED) is 0.0222. The zero-order valence-corrected chi connectivity index (χ0v) is 57.9. The molecule has 0 aliphatic rings. The van der Waals surface area contributed by atoms with Crippen molar-refractivity contribution in [2.45, 2.75) is 368 Å². The predicted molar refractivity (Wildman–Crippen MR) is 349 cm³/mol. The highest BCUT2D eigenvalue weighted by atomic mass is 31.2. The van der Waals surface area contributed by atoms with E-state index in [0.29, 0.717) is 31.6 Å². The van der Waals surface area contributed by atoms with Crippen molar-refractivity contribution in [1.82, 2.24) is 0 Å². The minimum absolute atomic E-state index is 0.107.